The third-order valence-electron chi connectivity index (χ3n) is 4.05. The van der Waals surface area contributed by atoms with Crippen LogP contribution in [-0.2, 0) is 0 Å². The molecule has 0 spiro atoms. The average Bonchev–Trinajstić information content (AvgIpc) is 2.90. The molecule has 1 aromatic carbocycles. The summed E-state index contributed by atoms with van der Waals surface area (Å²) >= 11 is 0. The average molecular weight is 275 g/mol. The van der Waals surface area contributed by atoms with Crippen molar-refractivity contribution in [3.05, 3.63) is 34.9 Å². The molecule has 4 N–H and O–H groups in total. The number of hydrogen-bond donors (Lipinski definition) is 3. The molecule has 1 saturated carbocycles. The van der Waals surface area contributed by atoms with E-state index >= 15 is 0 Å². The molecule has 0 saturated heterocycles. The summed E-state index contributed by atoms with van der Waals surface area (Å²) in [5.74, 6) is -0.0756. The number of amidine groups is 1. The number of hydrogen-bond acceptors (Lipinski definition) is 3. The van der Waals surface area contributed by atoms with Crippen molar-refractivity contribution in [1.82, 2.24) is 5.32 Å². The van der Waals surface area contributed by atoms with Crippen LogP contribution in [0.5, 0.6) is 0 Å². The van der Waals surface area contributed by atoms with Crippen LogP contribution in [0.2, 0.25) is 0 Å². The predicted molar refractivity (Wildman–Crippen MR) is 78.0 cm³/mol. The third kappa shape index (κ3) is 2.61. The molecule has 2 rings (SSSR count). The maximum absolute atomic E-state index is 12.5. The second kappa shape index (κ2) is 5.53. The first-order valence-corrected chi connectivity index (χ1v) is 6.86. The summed E-state index contributed by atoms with van der Waals surface area (Å²) in [6.07, 6.45) is 3.34. The van der Waals surface area contributed by atoms with E-state index in [1.807, 2.05) is 32.0 Å². The Hall–Kier alpha value is -2.04. The van der Waals surface area contributed by atoms with E-state index in [-0.39, 0.29) is 11.7 Å². The van der Waals surface area contributed by atoms with Crippen LogP contribution in [0.25, 0.3) is 0 Å². The van der Waals surface area contributed by atoms with Crippen molar-refractivity contribution >= 4 is 11.7 Å². The number of aryl methyl sites for hydroxylation is 2. The molecule has 1 aliphatic carbocycles. The highest BCUT2D eigenvalue weighted by Crippen LogP contribution is 2.30. The highest BCUT2D eigenvalue weighted by molar-refractivity contribution is 6.01. The highest BCUT2D eigenvalue weighted by atomic mass is 16.4. The monoisotopic (exact) mass is 275 g/mol. The van der Waals surface area contributed by atoms with Crippen molar-refractivity contribution in [3.8, 4) is 0 Å². The molecule has 5 nitrogen and oxygen atoms in total. The van der Waals surface area contributed by atoms with E-state index in [0.717, 1.165) is 24.0 Å². The fourth-order valence-electron chi connectivity index (χ4n) is 2.78. The minimum atomic E-state index is -0.706. The second-order valence-corrected chi connectivity index (χ2v) is 5.55. The quantitative estimate of drug-likeness (QED) is 0.341. The first-order chi connectivity index (χ1) is 9.48. The van der Waals surface area contributed by atoms with Gasteiger partial charge in [-0.05, 0) is 38.3 Å². The van der Waals surface area contributed by atoms with E-state index in [1.165, 1.54) is 0 Å². The van der Waals surface area contributed by atoms with Gasteiger partial charge in [-0.15, -0.1) is 0 Å². The zero-order valence-corrected chi connectivity index (χ0v) is 11.9. The number of nitrogens with one attached hydrogen (secondary N) is 1. The summed E-state index contributed by atoms with van der Waals surface area (Å²) in [7, 11) is 0. The lowest BCUT2D eigenvalue weighted by atomic mass is 9.94. The molecule has 1 amide bonds. The maximum Gasteiger partial charge on any atom is 0.252 e. The van der Waals surface area contributed by atoms with E-state index in [9.17, 15) is 4.79 Å². The molecule has 0 aliphatic heterocycles. The fraction of sp³-hybridized carbons (Fsp3) is 0.467. The summed E-state index contributed by atoms with van der Waals surface area (Å²) in [6.45, 7) is 3.85. The summed E-state index contributed by atoms with van der Waals surface area (Å²) in [5, 5.41) is 15.0. The molecule has 0 unspecified atom stereocenters. The van der Waals surface area contributed by atoms with E-state index in [0.29, 0.717) is 18.4 Å². The predicted octanol–water partition coefficient (Wildman–Crippen LogP) is 2.09. The second-order valence-electron chi connectivity index (χ2n) is 5.55. The first-order valence-electron chi connectivity index (χ1n) is 6.86. The number of benzene rings is 1. The van der Waals surface area contributed by atoms with Crippen LogP contribution >= 0.6 is 0 Å². The normalized spacial score (nSPS) is 18.0. The molecule has 0 radical (unpaired) electrons. The summed E-state index contributed by atoms with van der Waals surface area (Å²) in [6, 6.07) is 5.76. The zero-order chi connectivity index (χ0) is 14.8. The molecule has 0 aromatic heterocycles. The van der Waals surface area contributed by atoms with Crippen LogP contribution in [0, 0.1) is 13.8 Å². The molecule has 1 aromatic rings. The van der Waals surface area contributed by atoms with Gasteiger partial charge in [-0.3, -0.25) is 4.79 Å². The Labute approximate surface area is 118 Å². The van der Waals surface area contributed by atoms with Crippen molar-refractivity contribution in [2.24, 2.45) is 10.9 Å². The molecule has 0 heterocycles. The highest BCUT2D eigenvalue weighted by Gasteiger charge is 2.40. The molecule has 1 aliphatic rings. The van der Waals surface area contributed by atoms with Gasteiger partial charge >= 0.3 is 0 Å². The van der Waals surface area contributed by atoms with Crippen LogP contribution < -0.4 is 11.1 Å². The van der Waals surface area contributed by atoms with E-state index in [1.54, 1.807) is 0 Å². The van der Waals surface area contributed by atoms with Crippen molar-refractivity contribution in [1.29, 1.82) is 0 Å². The van der Waals surface area contributed by atoms with Gasteiger partial charge in [0.15, 0.2) is 5.84 Å². The Morgan fingerprint density at radius 1 is 1.35 bits per heavy atom. The van der Waals surface area contributed by atoms with Crippen LogP contribution in [0.4, 0.5) is 0 Å². The van der Waals surface area contributed by atoms with E-state index < -0.39 is 5.54 Å². The number of amides is 1. The van der Waals surface area contributed by atoms with Crippen molar-refractivity contribution in [3.63, 3.8) is 0 Å². The van der Waals surface area contributed by atoms with Gasteiger partial charge in [0, 0.05) is 5.56 Å². The summed E-state index contributed by atoms with van der Waals surface area (Å²) < 4.78 is 0. The van der Waals surface area contributed by atoms with Crippen molar-refractivity contribution < 1.29 is 10.0 Å². The minimum Gasteiger partial charge on any atom is -0.409 e. The Morgan fingerprint density at radius 3 is 2.60 bits per heavy atom. The molecular formula is C15H21N3O2. The Bertz CT molecular complexity index is 546. The first kappa shape index (κ1) is 14.4. The lowest BCUT2D eigenvalue weighted by Crippen LogP contribution is -2.55. The topological polar surface area (TPSA) is 87.7 Å². The third-order valence-corrected chi connectivity index (χ3v) is 4.05. The van der Waals surface area contributed by atoms with Crippen LogP contribution in [0.3, 0.4) is 0 Å². The number of carbonyl (C=O) groups is 1. The fourth-order valence-corrected chi connectivity index (χ4v) is 2.78. The molecule has 0 atom stereocenters. The number of nitrogens with two attached hydrogens (primary N) is 1. The molecular weight excluding hydrogens is 254 g/mol. The SMILES string of the molecule is Cc1ccc(C)c(C(=O)NC2(/C(N)=N/O)CCCC2)c1. The molecule has 108 valence electrons. The van der Waals surface area contributed by atoms with Gasteiger partial charge in [0.2, 0.25) is 0 Å². The molecule has 5 heteroatoms. The Kier molecular flexibility index (Phi) is 3.97. The van der Waals surface area contributed by atoms with Crippen molar-refractivity contribution in [2.75, 3.05) is 0 Å². The minimum absolute atomic E-state index is 0.0913. The maximum atomic E-state index is 12.5. The Morgan fingerprint density at radius 2 is 2.00 bits per heavy atom. The smallest absolute Gasteiger partial charge is 0.252 e. The van der Waals surface area contributed by atoms with Gasteiger partial charge in [-0.2, -0.15) is 0 Å². The van der Waals surface area contributed by atoms with Gasteiger partial charge in [-0.1, -0.05) is 35.7 Å². The van der Waals surface area contributed by atoms with E-state index in [4.69, 9.17) is 10.9 Å². The standard InChI is InChI=1S/C15H21N3O2/c1-10-5-6-11(2)12(9-10)13(19)17-15(14(16)18-20)7-3-4-8-15/h5-6,9,20H,3-4,7-8H2,1-2H3,(H2,16,18)(H,17,19). The summed E-state index contributed by atoms with van der Waals surface area (Å²) in [4.78, 5) is 12.5. The van der Waals surface area contributed by atoms with Gasteiger partial charge in [0.25, 0.3) is 5.91 Å². The lowest BCUT2D eigenvalue weighted by Gasteiger charge is -2.29. The van der Waals surface area contributed by atoms with Crippen LogP contribution in [0.15, 0.2) is 23.4 Å². The van der Waals surface area contributed by atoms with E-state index in [2.05, 4.69) is 10.5 Å². The van der Waals surface area contributed by atoms with Crippen molar-refractivity contribution in [2.45, 2.75) is 45.1 Å². The van der Waals surface area contributed by atoms with Crippen LogP contribution in [-0.4, -0.2) is 22.5 Å². The zero-order valence-electron chi connectivity index (χ0n) is 11.9. The summed E-state index contributed by atoms with van der Waals surface area (Å²) in [5.41, 5.74) is 7.68. The molecule has 20 heavy (non-hydrogen) atoms. The Balaban J connectivity index is 2.27. The molecule has 0 bridgehead atoms. The van der Waals surface area contributed by atoms with Gasteiger partial charge in [0.1, 0.15) is 5.54 Å². The number of nitrogens with zero attached hydrogens (tertiary/aromatic N) is 1. The van der Waals surface area contributed by atoms with Gasteiger partial charge < -0.3 is 16.3 Å². The van der Waals surface area contributed by atoms with Gasteiger partial charge in [-0.25, -0.2) is 0 Å². The number of rotatable bonds is 3. The van der Waals surface area contributed by atoms with Crippen LogP contribution in [0.1, 0.15) is 47.2 Å². The van der Waals surface area contributed by atoms with Gasteiger partial charge in [0.05, 0.1) is 0 Å². The molecule has 1 fully saturated rings. The number of oxime groups is 1. The number of carbonyl (C=O) groups excluding carboxylic acids is 1. The largest absolute Gasteiger partial charge is 0.409 e. The lowest BCUT2D eigenvalue weighted by molar-refractivity contribution is 0.0922.